The number of carbonyl (C=O) groups is 2. The zero-order chi connectivity index (χ0) is 25.2. The van der Waals surface area contributed by atoms with Crippen LogP contribution in [0.2, 0.25) is 5.02 Å². The third-order valence-corrected chi connectivity index (χ3v) is 6.33. The molecule has 2 aromatic rings. The minimum Gasteiger partial charge on any atom is -0.507 e. The number of aromatic hydroxyl groups is 1. The maximum atomic E-state index is 13.2. The van der Waals surface area contributed by atoms with Crippen LogP contribution in [-0.2, 0) is 14.3 Å². The number of aryl methyl sites for hydroxylation is 1. The fourth-order valence-electron chi connectivity index (χ4n) is 4.26. The van der Waals surface area contributed by atoms with Crippen molar-refractivity contribution in [3.05, 3.63) is 63.2 Å². The molecule has 1 unspecified atom stereocenters. The van der Waals surface area contributed by atoms with E-state index in [-0.39, 0.29) is 34.6 Å². The van der Waals surface area contributed by atoms with E-state index in [0.29, 0.717) is 35.5 Å². The lowest BCUT2D eigenvalue weighted by atomic mass is 9.91. The lowest BCUT2D eigenvalue weighted by Gasteiger charge is -2.26. The summed E-state index contributed by atoms with van der Waals surface area (Å²) < 4.78 is 10.6. The summed E-state index contributed by atoms with van der Waals surface area (Å²) in [6.07, 6.45) is 0.505. The van der Waals surface area contributed by atoms with Crippen molar-refractivity contribution < 1.29 is 29.3 Å². The van der Waals surface area contributed by atoms with Crippen molar-refractivity contribution in [3.63, 3.8) is 0 Å². The average Bonchev–Trinajstić information content (AvgIpc) is 3.05. The molecule has 2 N–H and O–H groups in total. The summed E-state index contributed by atoms with van der Waals surface area (Å²) in [5, 5.41) is 21.4. The van der Waals surface area contributed by atoms with E-state index < -0.39 is 17.7 Å². The van der Waals surface area contributed by atoms with E-state index in [4.69, 9.17) is 21.1 Å². The number of nitrogens with zero attached hydrogens (tertiary/aromatic N) is 1. The maximum absolute atomic E-state index is 13.2. The van der Waals surface area contributed by atoms with Gasteiger partial charge in [-0.05, 0) is 60.2 Å². The third-order valence-electron chi connectivity index (χ3n) is 6.03. The molecule has 1 amide bonds. The van der Waals surface area contributed by atoms with E-state index in [1.807, 2.05) is 26.8 Å². The van der Waals surface area contributed by atoms with Gasteiger partial charge in [0.1, 0.15) is 17.3 Å². The number of ketones is 1. The van der Waals surface area contributed by atoms with Gasteiger partial charge in [0, 0.05) is 25.8 Å². The van der Waals surface area contributed by atoms with Gasteiger partial charge in [-0.25, -0.2) is 0 Å². The number of hydrogen-bond donors (Lipinski definition) is 2. The van der Waals surface area contributed by atoms with Crippen LogP contribution < -0.4 is 4.74 Å². The van der Waals surface area contributed by atoms with Crippen molar-refractivity contribution in [2.75, 3.05) is 27.4 Å². The molecule has 0 spiro atoms. The standard InChI is InChI=1S/C26H30ClNO6/c1-14(2)17-13-18(15(3)11-21(17)34-5)24(30)22-23(16-7-8-20(29)19(27)12-16)28(9-6-10-33-4)26(32)25(22)31/h7-8,11-14,23,29-30H,6,9-10H2,1-5H3/b24-22+. The predicted molar refractivity (Wildman–Crippen MR) is 130 cm³/mol. The number of phenolic OH excluding ortho intramolecular Hbond substituents is 1. The first-order chi connectivity index (χ1) is 16.1. The fraction of sp³-hybridized carbons (Fsp3) is 0.385. The number of rotatable bonds is 8. The van der Waals surface area contributed by atoms with Crippen LogP contribution >= 0.6 is 11.6 Å². The van der Waals surface area contributed by atoms with Gasteiger partial charge in [-0.3, -0.25) is 9.59 Å². The number of aliphatic hydroxyl groups excluding tert-OH is 1. The first kappa shape index (κ1) is 25.6. The van der Waals surface area contributed by atoms with E-state index in [1.54, 1.807) is 26.4 Å². The number of benzene rings is 2. The van der Waals surface area contributed by atoms with Crippen LogP contribution in [0.4, 0.5) is 0 Å². The van der Waals surface area contributed by atoms with Crippen molar-refractivity contribution >= 4 is 29.1 Å². The Morgan fingerprint density at radius 3 is 2.47 bits per heavy atom. The van der Waals surface area contributed by atoms with Crippen molar-refractivity contribution in [2.24, 2.45) is 0 Å². The van der Waals surface area contributed by atoms with Crippen molar-refractivity contribution in [2.45, 2.75) is 39.2 Å². The van der Waals surface area contributed by atoms with E-state index >= 15 is 0 Å². The Balaban J connectivity index is 2.23. The normalized spacial score (nSPS) is 17.6. The van der Waals surface area contributed by atoms with Gasteiger partial charge < -0.3 is 24.6 Å². The zero-order valence-electron chi connectivity index (χ0n) is 20.0. The molecule has 182 valence electrons. The highest BCUT2D eigenvalue weighted by molar-refractivity contribution is 6.46. The SMILES string of the molecule is COCCCN1C(=O)C(=O)/C(=C(/O)c2cc(C(C)C)c(OC)cc2C)C1c1ccc(O)c(Cl)c1. The van der Waals surface area contributed by atoms with Crippen LogP contribution in [0.3, 0.4) is 0 Å². The summed E-state index contributed by atoms with van der Waals surface area (Å²) in [5.74, 6) is -1.07. The number of likely N-dealkylation sites (tertiary alicyclic amines) is 1. The van der Waals surface area contributed by atoms with Gasteiger partial charge in [0.2, 0.25) is 0 Å². The second kappa shape index (κ2) is 10.5. The second-order valence-corrected chi connectivity index (χ2v) is 9.02. The summed E-state index contributed by atoms with van der Waals surface area (Å²) in [5.41, 5.74) is 2.51. The summed E-state index contributed by atoms with van der Waals surface area (Å²) in [7, 11) is 3.14. The fourth-order valence-corrected chi connectivity index (χ4v) is 4.44. The molecule has 2 aromatic carbocycles. The Labute approximate surface area is 204 Å². The second-order valence-electron chi connectivity index (χ2n) is 8.61. The van der Waals surface area contributed by atoms with Crippen LogP contribution in [0.25, 0.3) is 5.76 Å². The van der Waals surface area contributed by atoms with Crippen LogP contribution in [0.15, 0.2) is 35.9 Å². The number of phenols is 1. The zero-order valence-corrected chi connectivity index (χ0v) is 20.8. The highest BCUT2D eigenvalue weighted by Gasteiger charge is 2.46. The van der Waals surface area contributed by atoms with Gasteiger partial charge in [-0.2, -0.15) is 0 Å². The van der Waals surface area contributed by atoms with E-state index in [9.17, 15) is 19.8 Å². The molecular formula is C26H30ClNO6. The van der Waals surface area contributed by atoms with Gasteiger partial charge in [-0.1, -0.05) is 31.5 Å². The molecule has 1 aliphatic rings. The molecular weight excluding hydrogens is 458 g/mol. The molecule has 7 nitrogen and oxygen atoms in total. The van der Waals surface area contributed by atoms with Gasteiger partial charge in [0.25, 0.3) is 11.7 Å². The summed E-state index contributed by atoms with van der Waals surface area (Å²) in [6.45, 7) is 6.47. The van der Waals surface area contributed by atoms with Gasteiger partial charge in [-0.15, -0.1) is 0 Å². The Kier molecular flexibility index (Phi) is 7.89. The average molecular weight is 488 g/mol. The minimum absolute atomic E-state index is 0.0212. The molecule has 0 saturated carbocycles. The number of ether oxygens (including phenoxy) is 2. The maximum Gasteiger partial charge on any atom is 0.295 e. The smallest absolute Gasteiger partial charge is 0.295 e. The highest BCUT2D eigenvalue weighted by Crippen LogP contribution is 2.42. The highest BCUT2D eigenvalue weighted by atomic mass is 35.5. The third kappa shape index (κ3) is 4.76. The number of Topliss-reactive ketones (excluding diaryl/α,β-unsaturated/α-hetero) is 1. The largest absolute Gasteiger partial charge is 0.507 e. The Bertz CT molecular complexity index is 1140. The summed E-state index contributed by atoms with van der Waals surface area (Å²) in [6, 6.07) is 7.25. The Morgan fingerprint density at radius 1 is 1.18 bits per heavy atom. The quantitative estimate of drug-likeness (QED) is 0.237. The molecule has 3 rings (SSSR count). The number of carbonyl (C=O) groups excluding carboxylic acids is 2. The van der Waals surface area contributed by atoms with Crippen LogP contribution in [0, 0.1) is 6.92 Å². The lowest BCUT2D eigenvalue weighted by Crippen LogP contribution is -2.31. The van der Waals surface area contributed by atoms with E-state index in [1.165, 1.54) is 17.0 Å². The molecule has 1 fully saturated rings. The minimum atomic E-state index is -0.862. The molecule has 0 bridgehead atoms. The van der Waals surface area contributed by atoms with Crippen molar-refractivity contribution in [1.29, 1.82) is 0 Å². The molecule has 0 aromatic heterocycles. The first-order valence-corrected chi connectivity index (χ1v) is 11.4. The molecule has 1 aliphatic heterocycles. The van der Waals surface area contributed by atoms with E-state index in [0.717, 1.165) is 5.56 Å². The molecule has 1 heterocycles. The van der Waals surface area contributed by atoms with Crippen LogP contribution in [-0.4, -0.2) is 54.2 Å². The molecule has 8 heteroatoms. The number of methoxy groups -OCH3 is 2. The Morgan fingerprint density at radius 2 is 1.88 bits per heavy atom. The molecule has 34 heavy (non-hydrogen) atoms. The first-order valence-electron chi connectivity index (χ1n) is 11.1. The summed E-state index contributed by atoms with van der Waals surface area (Å²) in [4.78, 5) is 27.6. The predicted octanol–water partition coefficient (Wildman–Crippen LogP) is 4.94. The molecule has 1 saturated heterocycles. The number of halogens is 1. The monoisotopic (exact) mass is 487 g/mol. The molecule has 0 radical (unpaired) electrons. The van der Waals surface area contributed by atoms with Crippen molar-refractivity contribution in [3.8, 4) is 11.5 Å². The van der Waals surface area contributed by atoms with Crippen LogP contribution in [0.5, 0.6) is 11.5 Å². The number of aliphatic hydroxyl groups is 1. The van der Waals surface area contributed by atoms with Crippen LogP contribution in [0.1, 0.15) is 54.5 Å². The van der Waals surface area contributed by atoms with Crippen molar-refractivity contribution in [1.82, 2.24) is 4.90 Å². The van der Waals surface area contributed by atoms with Gasteiger partial charge in [0.15, 0.2) is 0 Å². The molecule has 0 aliphatic carbocycles. The Hall–Kier alpha value is -3.03. The lowest BCUT2D eigenvalue weighted by molar-refractivity contribution is -0.140. The van der Waals surface area contributed by atoms with E-state index in [2.05, 4.69) is 0 Å². The summed E-state index contributed by atoms with van der Waals surface area (Å²) >= 11 is 6.15. The van der Waals surface area contributed by atoms with Gasteiger partial charge in [0.05, 0.1) is 23.7 Å². The number of amides is 1. The topological polar surface area (TPSA) is 96.3 Å². The molecule has 1 atom stereocenters. The number of hydrogen-bond acceptors (Lipinski definition) is 6. The van der Waals surface area contributed by atoms with Gasteiger partial charge >= 0.3 is 0 Å².